The van der Waals surface area contributed by atoms with E-state index in [0.29, 0.717) is 0 Å². The molecule has 2 N–H and O–H groups in total. The zero-order chi connectivity index (χ0) is 16.9. The van der Waals surface area contributed by atoms with E-state index in [1.54, 1.807) is 17.2 Å². The summed E-state index contributed by atoms with van der Waals surface area (Å²) in [6.07, 6.45) is 1.73. The number of halogens is 2. The second-order valence-corrected chi connectivity index (χ2v) is 7.31. The molecule has 0 radical (unpaired) electrons. The van der Waals surface area contributed by atoms with Crippen LogP contribution in [0.4, 0.5) is 0 Å². The second kappa shape index (κ2) is 8.01. The Morgan fingerprint density at radius 2 is 1.88 bits per heavy atom. The average Bonchev–Trinajstić information content (AvgIpc) is 2.59. The molecule has 0 spiro atoms. The Bertz CT molecular complexity index is 713. The minimum Gasteiger partial charge on any atom is -0.507 e. The first-order valence-corrected chi connectivity index (χ1v) is 9.13. The van der Waals surface area contributed by atoms with Gasteiger partial charge in [-0.15, -0.1) is 0 Å². The fourth-order valence-corrected chi connectivity index (χ4v) is 3.27. The van der Waals surface area contributed by atoms with Crippen LogP contribution in [0.5, 0.6) is 5.75 Å². The lowest BCUT2D eigenvalue weighted by atomic mass is 10.2. The van der Waals surface area contributed by atoms with Crippen molar-refractivity contribution in [3.05, 3.63) is 63.1 Å². The molecule has 1 aliphatic heterocycles. The van der Waals surface area contributed by atoms with Gasteiger partial charge in [0, 0.05) is 20.6 Å². The molecule has 1 fully saturated rings. The molecule has 2 aromatic carbocycles. The van der Waals surface area contributed by atoms with Gasteiger partial charge in [0.2, 0.25) is 0 Å². The highest BCUT2D eigenvalue weighted by atomic mass is 79.9. The summed E-state index contributed by atoms with van der Waals surface area (Å²) < 4.78 is 0.930. The maximum Gasteiger partial charge on any atom is 0.124 e. The molecule has 6 heteroatoms. The highest BCUT2D eigenvalue weighted by molar-refractivity contribution is 9.10. The molecule has 0 atom stereocenters. The van der Waals surface area contributed by atoms with E-state index in [9.17, 15) is 5.11 Å². The third-order valence-electron chi connectivity index (χ3n) is 4.16. The topological polar surface area (TPSA) is 40.3 Å². The maximum absolute atomic E-state index is 9.85. The Morgan fingerprint density at radius 1 is 1.17 bits per heavy atom. The molecule has 3 rings (SSSR count). The van der Waals surface area contributed by atoms with Crippen molar-refractivity contribution in [2.75, 3.05) is 26.2 Å². The summed E-state index contributed by atoms with van der Waals surface area (Å²) in [5.41, 5.74) is 2.03. The van der Waals surface area contributed by atoms with Crippen molar-refractivity contribution < 1.29 is 10.0 Å². The van der Waals surface area contributed by atoms with E-state index in [4.69, 9.17) is 11.6 Å². The van der Waals surface area contributed by atoms with Gasteiger partial charge in [0.05, 0.1) is 32.4 Å². The van der Waals surface area contributed by atoms with E-state index >= 15 is 0 Å². The van der Waals surface area contributed by atoms with Crippen LogP contribution in [0.2, 0.25) is 5.02 Å². The maximum atomic E-state index is 9.85. The van der Waals surface area contributed by atoms with Crippen LogP contribution in [0.25, 0.3) is 0 Å². The number of piperazine rings is 1. The first-order chi connectivity index (χ1) is 11.6. The van der Waals surface area contributed by atoms with Gasteiger partial charge in [-0.2, -0.15) is 5.10 Å². The molecule has 0 amide bonds. The van der Waals surface area contributed by atoms with E-state index in [2.05, 4.69) is 38.2 Å². The van der Waals surface area contributed by atoms with Gasteiger partial charge >= 0.3 is 0 Å². The van der Waals surface area contributed by atoms with Crippen LogP contribution >= 0.6 is 27.5 Å². The number of hydrogen-bond acceptors (Lipinski definition) is 3. The van der Waals surface area contributed by atoms with E-state index in [1.807, 2.05) is 24.3 Å². The van der Waals surface area contributed by atoms with Gasteiger partial charge in [0.1, 0.15) is 12.3 Å². The number of rotatable bonds is 4. The molecule has 24 heavy (non-hydrogen) atoms. The van der Waals surface area contributed by atoms with Gasteiger partial charge < -0.3 is 10.0 Å². The van der Waals surface area contributed by atoms with Crippen LogP contribution in [0.3, 0.4) is 0 Å². The van der Waals surface area contributed by atoms with Crippen LogP contribution < -0.4 is 4.90 Å². The first-order valence-electron chi connectivity index (χ1n) is 7.95. The fourth-order valence-electron chi connectivity index (χ4n) is 2.77. The summed E-state index contributed by atoms with van der Waals surface area (Å²) in [4.78, 5) is 1.55. The number of benzene rings is 2. The predicted molar refractivity (Wildman–Crippen MR) is 101 cm³/mol. The molecule has 0 bridgehead atoms. The van der Waals surface area contributed by atoms with E-state index < -0.39 is 0 Å². The SMILES string of the molecule is Oc1ccc(Br)cc1C=NN1CC[NH+](Cc2ccc(Cl)cc2)CC1. The molecule has 2 aromatic rings. The smallest absolute Gasteiger partial charge is 0.124 e. The summed E-state index contributed by atoms with van der Waals surface area (Å²) in [7, 11) is 0. The van der Waals surface area contributed by atoms with Crippen LogP contribution in [-0.4, -0.2) is 42.5 Å². The van der Waals surface area contributed by atoms with Gasteiger partial charge in [-0.3, -0.25) is 5.01 Å². The third-order valence-corrected chi connectivity index (χ3v) is 4.91. The summed E-state index contributed by atoms with van der Waals surface area (Å²) in [6, 6.07) is 13.4. The van der Waals surface area contributed by atoms with E-state index in [0.717, 1.165) is 47.8 Å². The zero-order valence-corrected chi connectivity index (χ0v) is 15.6. The molecule has 1 heterocycles. The molecular weight excluding hydrogens is 390 g/mol. The zero-order valence-electron chi connectivity index (χ0n) is 13.3. The highest BCUT2D eigenvalue weighted by Crippen LogP contribution is 2.20. The largest absolute Gasteiger partial charge is 0.507 e. The Labute approximate surface area is 155 Å². The Kier molecular flexibility index (Phi) is 5.76. The number of quaternary nitrogens is 1. The fraction of sp³-hybridized carbons (Fsp3) is 0.278. The summed E-state index contributed by atoms with van der Waals surface area (Å²) in [6.45, 7) is 4.93. The number of nitrogens with one attached hydrogen (secondary N) is 1. The number of nitrogens with zero attached hydrogens (tertiary/aromatic N) is 2. The summed E-state index contributed by atoms with van der Waals surface area (Å²) >= 11 is 9.34. The Morgan fingerprint density at radius 3 is 2.58 bits per heavy atom. The standard InChI is InChI=1S/C18H19BrClN3O/c19-16-3-6-18(24)15(11-16)12-21-23-9-7-22(8-10-23)13-14-1-4-17(20)5-2-14/h1-6,11-12,24H,7-10,13H2/p+1. The number of phenolic OH excluding ortho intramolecular Hbond substituents is 1. The molecule has 0 aliphatic carbocycles. The van der Waals surface area contributed by atoms with Crippen molar-refractivity contribution in [3.63, 3.8) is 0 Å². The van der Waals surface area contributed by atoms with Crippen LogP contribution in [0.15, 0.2) is 52.0 Å². The van der Waals surface area contributed by atoms with Gasteiger partial charge in [-0.1, -0.05) is 39.7 Å². The normalized spacial score (nSPS) is 16.0. The van der Waals surface area contributed by atoms with Gasteiger partial charge in [0.15, 0.2) is 0 Å². The minimum atomic E-state index is 0.244. The highest BCUT2D eigenvalue weighted by Gasteiger charge is 2.18. The first kappa shape index (κ1) is 17.3. The van der Waals surface area contributed by atoms with Crippen molar-refractivity contribution in [1.82, 2.24) is 5.01 Å². The number of hydrogen-bond donors (Lipinski definition) is 2. The van der Waals surface area contributed by atoms with Crippen molar-refractivity contribution in [2.45, 2.75) is 6.54 Å². The monoisotopic (exact) mass is 408 g/mol. The molecule has 1 aliphatic rings. The van der Waals surface area contributed by atoms with Crippen LogP contribution in [0.1, 0.15) is 11.1 Å². The summed E-state index contributed by atoms with van der Waals surface area (Å²) in [5, 5.41) is 17.2. The lowest BCUT2D eigenvalue weighted by Gasteiger charge is -2.30. The predicted octanol–water partition coefficient (Wildman–Crippen LogP) is 2.54. The summed E-state index contributed by atoms with van der Waals surface area (Å²) in [5.74, 6) is 0.244. The van der Waals surface area contributed by atoms with Gasteiger partial charge in [0.25, 0.3) is 0 Å². The molecular formula is C18H20BrClN3O+. The Hall–Kier alpha value is -1.56. The average molecular weight is 410 g/mol. The lowest BCUT2D eigenvalue weighted by molar-refractivity contribution is -0.918. The van der Waals surface area contributed by atoms with Crippen molar-refractivity contribution in [3.8, 4) is 5.75 Å². The molecule has 0 saturated carbocycles. The molecule has 0 aromatic heterocycles. The molecule has 0 unspecified atom stereocenters. The minimum absolute atomic E-state index is 0.244. The molecule has 126 valence electrons. The van der Waals surface area contributed by atoms with Crippen LogP contribution in [0, 0.1) is 0 Å². The molecule has 4 nitrogen and oxygen atoms in total. The van der Waals surface area contributed by atoms with E-state index in [-0.39, 0.29) is 5.75 Å². The number of aromatic hydroxyl groups is 1. The van der Waals surface area contributed by atoms with Crippen molar-refractivity contribution >= 4 is 33.7 Å². The second-order valence-electron chi connectivity index (χ2n) is 5.95. The lowest BCUT2D eigenvalue weighted by Crippen LogP contribution is -3.13. The number of hydrazone groups is 1. The Balaban J connectivity index is 1.52. The van der Waals surface area contributed by atoms with Gasteiger partial charge in [-0.05, 0) is 30.3 Å². The van der Waals surface area contributed by atoms with Gasteiger partial charge in [-0.25, -0.2) is 0 Å². The van der Waals surface area contributed by atoms with Crippen molar-refractivity contribution in [1.29, 1.82) is 0 Å². The molecule has 1 saturated heterocycles. The van der Waals surface area contributed by atoms with Crippen molar-refractivity contribution in [2.24, 2.45) is 5.10 Å². The van der Waals surface area contributed by atoms with Crippen LogP contribution in [-0.2, 0) is 6.54 Å². The van der Waals surface area contributed by atoms with E-state index in [1.165, 1.54) is 5.56 Å². The number of phenols is 1. The third kappa shape index (κ3) is 4.72. The quantitative estimate of drug-likeness (QED) is 0.762.